The minimum atomic E-state index is -3.00. The van der Waals surface area contributed by atoms with Crippen LogP contribution in [0.1, 0.15) is 23.1 Å². The van der Waals surface area contributed by atoms with E-state index in [0.717, 1.165) is 6.20 Å². The van der Waals surface area contributed by atoms with Gasteiger partial charge in [-0.05, 0) is 11.1 Å². The van der Waals surface area contributed by atoms with Gasteiger partial charge in [0.2, 0.25) is 5.95 Å². The van der Waals surface area contributed by atoms with Crippen LogP contribution in [-0.4, -0.2) is 10.1 Å². The van der Waals surface area contributed by atoms with Gasteiger partial charge in [-0.25, -0.2) is 13.8 Å². The third-order valence-electron chi connectivity index (χ3n) is 1.86. The van der Waals surface area contributed by atoms with E-state index in [1.807, 2.05) is 0 Å². The zero-order valence-electron chi connectivity index (χ0n) is 7.17. The number of nitrogens with two attached hydrogens (primary N) is 1. The Balaban J connectivity index is 3.35. The molecule has 0 amide bonds. The molecular weight excluding hydrogens is 197 g/mol. The highest BCUT2D eigenvalue weighted by molar-refractivity contribution is 5.33. The van der Waals surface area contributed by atoms with Crippen LogP contribution in [0.5, 0.6) is 0 Å². The average Bonchev–Trinajstić information content (AvgIpc) is 2.16. The first-order chi connectivity index (χ1) is 6.61. The number of alkyl halides is 2. The zero-order chi connectivity index (χ0) is 10.7. The molecule has 0 unspecified atom stereocenters. The van der Waals surface area contributed by atoms with Crippen molar-refractivity contribution >= 4 is 0 Å². The second kappa shape index (κ2) is 4.39. The van der Waals surface area contributed by atoms with Gasteiger partial charge in [-0.1, -0.05) is 0 Å². The summed E-state index contributed by atoms with van der Waals surface area (Å²) in [4.78, 5) is 3.14. The van der Waals surface area contributed by atoms with E-state index in [-0.39, 0.29) is 17.7 Å². The predicted octanol–water partition coefficient (Wildman–Crippen LogP) is 1.11. The highest BCUT2D eigenvalue weighted by Gasteiger charge is 2.21. The summed E-state index contributed by atoms with van der Waals surface area (Å²) < 4.78 is 37.6. The van der Waals surface area contributed by atoms with Crippen molar-refractivity contribution in [3.05, 3.63) is 28.8 Å². The minimum Gasteiger partial charge on any atom is -0.392 e. The summed E-state index contributed by atoms with van der Waals surface area (Å²) in [6.07, 6.45) is -1.96. The first-order valence-electron chi connectivity index (χ1n) is 3.87. The van der Waals surface area contributed by atoms with Crippen molar-refractivity contribution in [2.24, 2.45) is 5.73 Å². The Hall–Kier alpha value is -1.14. The number of rotatable bonds is 3. The van der Waals surface area contributed by atoms with Crippen molar-refractivity contribution in [3.8, 4) is 0 Å². The topological polar surface area (TPSA) is 59.1 Å². The van der Waals surface area contributed by atoms with Crippen LogP contribution in [0, 0.1) is 5.95 Å². The van der Waals surface area contributed by atoms with Gasteiger partial charge in [-0.15, -0.1) is 0 Å². The van der Waals surface area contributed by atoms with Gasteiger partial charge in [0.15, 0.2) is 0 Å². The molecule has 0 bridgehead atoms. The molecule has 0 aromatic carbocycles. The molecule has 1 rings (SSSR count). The summed E-state index contributed by atoms with van der Waals surface area (Å²) >= 11 is 0. The largest absolute Gasteiger partial charge is 0.392 e. The van der Waals surface area contributed by atoms with Crippen molar-refractivity contribution in [1.82, 2.24) is 4.98 Å². The minimum absolute atomic E-state index is 0.0666. The molecule has 0 atom stereocenters. The van der Waals surface area contributed by atoms with Crippen molar-refractivity contribution in [2.45, 2.75) is 19.6 Å². The zero-order valence-corrected chi connectivity index (χ0v) is 7.17. The molecule has 1 heterocycles. The van der Waals surface area contributed by atoms with E-state index in [0.29, 0.717) is 0 Å². The summed E-state index contributed by atoms with van der Waals surface area (Å²) in [6.45, 7) is -0.742. The van der Waals surface area contributed by atoms with Gasteiger partial charge < -0.3 is 10.8 Å². The molecule has 0 spiro atoms. The molecule has 3 nitrogen and oxygen atoms in total. The maximum atomic E-state index is 12.9. The van der Waals surface area contributed by atoms with Gasteiger partial charge in [-0.3, -0.25) is 0 Å². The standard InChI is InChI=1S/C8H9F3N2O/c9-7(10)6-5(3-14)4(1-12)2-13-8(6)11/h2,7,14H,1,3,12H2. The SMILES string of the molecule is NCc1cnc(F)c(C(F)F)c1CO. The Morgan fingerprint density at radius 3 is 2.57 bits per heavy atom. The van der Waals surface area contributed by atoms with Gasteiger partial charge in [0, 0.05) is 12.7 Å². The van der Waals surface area contributed by atoms with E-state index >= 15 is 0 Å². The van der Waals surface area contributed by atoms with Crippen LogP contribution in [-0.2, 0) is 13.2 Å². The lowest BCUT2D eigenvalue weighted by Gasteiger charge is -2.10. The molecule has 1 aromatic rings. The highest BCUT2D eigenvalue weighted by Crippen LogP contribution is 2.26. The summed E-state index contributed by atoms with van der Waals surface area (Å²) in [6, 6.07) is 0. The van der Waals surface area contributed by atoms with Crippen molar-refractivity contribution in [3.63, 3.8) is 0 Å². The third-order valence-corrected chi connectivity index (χ3v) is 1.86. The summed E-state index contributed by atoms with van der Waals surface area (Å²) in [5.41, 5.74) is 4.42. The number of pyridine rings is 1. The summed E-state index contributed by atoms with van der Waals surface area (Å²) in [5, 5.41) is 8.82. The molecule has 0 saturated heterocycles. The Bertz CT molecular complexity index is 331. The number of halogens is 3. The third kappa shape index (κ3) is 1.85. The first-order valence-corrected chi connectivity index (χ1v) is 3.87. The van der Waals surface area contributed by atoms with E-state index in [1.165, 1.54) is 0 Å². The lowest BCUT2D eigenvalue weighted by molar-refractivity contribution is 0.140. The van der Waals surface area contributed by atoms with Crippen LogP contribution in [0.2, 0.25) is 0 Å². The van der Waals surface area contributed by atoms with Gasteiger partial charge in [0.05, 0.1) is 12.2 Å². The smallest absolute Gasteiger partial charge is 0.268 e. The van der Waals surface area contributed by atoms with E-state index in [4.69, 9.17) is 10.8 Å². The van der Waals surface area contributed by atoms with Crippen LogP contribution in [0.25, 0.3) is 0 Å². The second-order valence-corrected chi connectivity index (χ2v) is 2.63. The second-order valence-electron chi connectivity index (χ2n) is 2.63. The summed E-state index contributed by atoms with van der Waals surface area (Å²) in [5.74, 6) is -1.26. The first kappa shape index (κ1) is 10.9. The van der Waals surface area contributed by atoms with Crippen LogP contribution >= 0.6 is 0 Å². The molecule has 1 aromatic heterocycles. The fourth-order valence-corrected chi connectivity index (χ4v) is 1.16. The van der Waals surface area contributed by atoms with E-state index in [9.17, 15) is 13.2 Å². The molecule has 0 radical (unpaired) electrons. The molecule has 6 heteroatoms. The maximum absolute atomic E-state index is 12.9. The monoisotopic (exact) mass is 206 g/mol. The molecule has 78 valence electrons. The van der Waals surface area contributed by atoms with E-state index in [1.54, 1.807) is 0 Å². The molecule has 3 N–H and O–H groups in total. The van der Waals surface area contributed by atoms with Gasteiger partial charge in [0.25, 0.3) is 6.43 Å². The predicted molar refractivity (Wildman–Crippen MR) is 43.0 cm³/mol. The molecule has 14 heavy (non-hydrogen) atoms. The Morgan fingerprint density at radius 1 is 1.50 bits per heavy atom. The van der Waals surface area contributed by atoms with E-state index < -0.39 is 24.5 Å². The Morgan fingerprint density at radius 2 is 2.14 bits per heavy atom. The normalized spacial score (nSPS) is 11.0. The molecule has 0 aliphatic heterocycles. The van der Waals surface area contributed by atoms with Gasteiger partial charge in [-0.2, -0.15) is 4.39 Å². The molecule has 0 aliphatic rings. The molecule has 0 saturated carbocycles. The number of aliphatic hydroxyl groups excluding tert-OH is 1. The fourth-order valence-electron chi connectivity index (χ4n) is 1.16. The van der Waals surface area contributed by atoms with Crippen LogP contribution in [0.15, 0.2) is 6.20 Å². The number of nitrogens with zero attached hydrogens (tertiary/aromatic N) is 1. The molecule has 0 fully saturated rings. The molecule has 0 aliphatic carbocycles. The van der Waals surface area contributed by atoms with Gasteiger partial charge >= 0.3 is 0 Å². The quantitative estimate of drug-likeness (QED) is 0.728. The number of aliphatic hydroxyl groups is 1. The summed E-state index contributed by atoms with van der Waals surface area (Å²) in [7, 11) is 0. The number of hydrogen-bond donors (Lipinski definition) is 2. The van der Waals surface area contributed by atoms with Crippen molar-refractivity contribution in [2.75, 3.05) is 0 Å². The van der Waals surface area contributed by atoms with Crippen LogP contribution < -0.4 is 5.73 Å². The number of hydrogen-bond acceptors (Lipinski definition) is 3. The lowest BCUT2D eigenvalue weighted by Crippen LogP contribution is -2.09. The van der Waals surface area contributed by atoms with Crippen LogP contribution in [0.3, 0.4) is 0 Å². The Labute approximate surface area is 78.4 Å². The average molecular weight is 206 g/mol. The fraction of sp³-hybridized carbons (Fsp3) is 0.375. The Kier molecular flexibility index (Phi) is 3.43. The van der Waals surface area contributed by atoms with Crippen molar-refractivity contribution in [1.29, 1.82) is 0 Å². The lowest BCUT2D eigenvalue weighted by atomic mass is 10.1. The van der Waals surface area contributed by atoms with Crippen molar-refractivity contribution < 1.29 is 18.3 Å². The highest BCUT2D eigenvalue weighted by atomic mass is 19.3. The maximum Gasteiger partial charge on any atom is 0.268 e. The molecular formula is C8H9F3N2O. The van der Waals surface area contributed by atoms with E-state index in [2.05, 4.69) is 4.98 Å². The van der Waals surface area contributed by atoms with Crippen LogP contribution in [0.4, 0.5) is 13.2 Å². The number of aromatic nitrogens is 1. The van der Waals surface area contributed by atoms with Gasteiger partial charge in [0.1, 0.15) is 0 Å².